The Bertz CT molecular complexity index is 538. The molecule has 0 fully saturated rings. The number of aromatic nitrogens is 2. The summed E-state index contributed by atoms with van der Waals surface area (Å²) in [6, 6.07) is 10.2. The van der Waals surface area contributed by atoms with Crippen LogP contribution in [-0.4, -0.2) is 21.7 Å². The molecule has 0 saturated heterocycles. The van der Waals surface area contributed by atoms with Crippen LogP contribution in [0.1, 0.15) is 23.5 Å². The van der Waals surface area contributed by atoms with Crippen molar-refractivity contribution in [3.63, 3.8) is 0 Å². The van der Waals surface area contributed by atoms with Crippen molar-refractivity contribution in [2.75, 3.05) is 6.61 Å². The number of hydrogen-bond donors (Lipinski definition) is 1. The maximum atomic E-state index is 8.87. The predicted octanol–water partition coefficient (Wildman–Crippen LogP) is 2.69. The first kappa shape index (κ1) is 12.7. The van der Waals surface area contributed by atoms with E-state index < -0.39 is 0 Å². The zero-order valence-corrected chi connectivity index (χ0v) is 10.8. The van der Waals surface area contributed by atoms with Crippen LogP contribution in [0.15, 0.2) is 30.3 Å². The highest BCUT2D eigenvalue weighted by Crippen LogP contribution is 2.21. The lowest BCUT2D eigenvalue weighted by molar-refractivity contribution is 0.287. The summed E-state index contributed by atoms with van der Waals surface area (Å²) in [5.74, 6) is 0.808. The number of nitrogens with zero attached hydrogens (tertiary/aromatic N) is 2. The van der Waals surface area contributed by atoms with Gasteiger partial charge in [0.25, 0.3) is 0 Å². The molecule has 0 aliphatic rings. The van der Waals surface area contributed by atoms with Gasteiger partial charge in [-0.2, -0.15) is 0 Å². The van der Waals surface area contributed by atoms with E-state index in [0.717, 1.165) is 29.2 Å². The Morgan fingerprint density at radius 2 is 1.89 bits per heavy atom. The Labute approximate surface area is 108 Å². The number of rotatable bonds is 4. The number of aliphatic hydroxyl groups excluding tert-OH is 1. The average molecular weight is 242 g/mol. The van der Waals surface area contributed by atoms with Gasteiger partial charge in [0, 0.05) is 24.3 Å². The van der Waals surface area contributed by atoms with Crippen LogP contribution in [0.3, 0.4) is 0 Å². The third-order valence-corrected chi connectivity index (χ3v) is 2.88. The minimum absolute atomic E-state index is 0.178. The summed E-state index contributed by atoms with van der Waals surface area (Å²) in [6.45, 7) is 4.24. The van der Waals surface area contributed by atoms with Gasteiger partial charge < -0.3 is 5.11 Å². The van der Waals surface area contributed by atoms with Crippen LogP contribution in [0.2, 0.25) is 0 Å². The molecule has 0 aliphatic carbocycles. The molecule has 3 nitrogen and oxygen atoms in total. The highest BCUT2D eigenvalue weighted by molar-refractivity contribution is 5.63. The molecular formula is C15H18N2O. The minimum Gasteiger partial charge on any atom is -0.396 e. The number of hydrogen-bond acceptors (Lipinski definition) is 3. The molecule has 1 aromatic heterocycles. The van der Waals surface area contributed by atoms with Crippen molar-refractivity contribution in [1.82, 2.24) is 9.97 Å². The summed E-state index contributed by atoms with van der Waals surface area (Å²) in [7, 11) is 0. The maximum absolute atomic E-state index is 8.87. The number of benzene rings is 1. The molecule has 2 rings (SSSR count). The van der Waals surface area contributed by atoms with Crippen molar-refractivity contribution in [1.29, 1.82) is 0 Å². The molecule has 0 amide bonds. The fourth-order valence-electron chi connectivity index (χ4n) is 1.98. The lowest BCUT2D eigenvalue weighted by Crippen LogP contribution is -2.01. The van der Waals surface area contributed by atoms with Crippen molar-refractivity contribution in [2.45, 2.75) is 26.7 Å². The van der Waals surface area contributed by atoms with Crippen LogP contribution in [0.4, 0.5) is 0 Å². The molecule has 2 aromatic rings. The molecule has 0 spiro atoms. The SMILES string of the molecule is Cc1cc(-c2ccccc2C)nc(CCCO)n1. The van der Waals surface area contributed by atoms with E-state index in [4.69, 9.17) is 5.11 Å². The van der Waals surface area contributed by atoms with E-state index in [9.17, 15) is 0 Å². The van der Waals surface area contributed by atoms with E-state index in [-0.39, 0.29) is 6.61 Å². The third-order valence-electron chi connectivity index (χ3n) is 2.88. The quantitative estimate of drug-likeness (QED) is 0.896. The molecule has 0 bridgehead atoms. The molecule has 0 saturated carbocycles. The summed E-state index contributed by atoms with van der Waals surface area (Å²) < 4.78 is 0. The van der Waals surface area contributed by atoms with Crippen LogP contribution in [0.5, 0.6) is 0 Å². The van der Waals surface area contributed by atoms with Gasteiger partial charge in [-0.15, -0.1) is 0 Å². The first-order chi connectivity index (χ1) is 8.70. The Morgan fingerprint density at radius 3 is 2.61 bits per heavy atom. The van der Waals surface area contributed by atoms with Crippen molar-refractivity contribution >= 4 is 0 Å². The second-order valence-corrected chi connectivity index (χ2v) is 4.45. The molecule has 18 heavy (non-hydrogen) atoms. The molecule has 94 valence electrons. The lowest BCUT2D eigenvalue weighted by Gasteiger charge is -2.08. The van der Waals surface area contributed by atoms with Crippen molar-refractivity contribution in [2.24, 2.45) is 0 Å². The highest BCUT2D eigenvalue weighted by atomic mass is 16.2. The minimum atomic E-state index is 0.178. The van der Waals surface area contributed by atoms with Crippen LogP contribution in [-0.2, 0) is 6.42 Å². The van der Waals surface area contributed by atoms with Crippen LogP contribution >= 0.6 is 0 Å². The molecule has 0 atom stereocenters. The summed E-state index contributed by atoms with van der Waals surface area (Å²) in [5, 5.41) is 8.87. The predicted molar refractivity (Wildman–Crippen MR) is 72.3 cm³/mol. The zero-order valence-electron chi connectivity index (χ0n) is 10.8. The van der Waals surface area contributed by atoms with Crippen LogP contribution in [0.25, 0.3) is 11.3 Å². The summed E-state index contributed by atoms with van der Waals surface area (Å²) in [5.41, 5.74) is 4.29. The normalized spacial score (nSPS) is 10.6. The van der Waals surface area contributed by atoms with Gasteiger partial charge in [-0.25, -0.2) is 9.97 Å². The fourth-order valence-corrected chi connectivity index (χ4v) is 1.98. The number of aryl methyl sites for hydroxylation is 3. The molecule has 1 aromatic carbocycles. The first-order valence-electron chi connectivity index (χ1n) is 6.22. The van der Waals surface area contributed by atoms with Crippen molar-refractivity contribution < 1.29 is 5.11 Å². The molecule has 0 radical (unpaired) electrons. The van der Waals surface area contributed by atoms with Crippen molar-refractivity contribution in [3.8, 4) is 11.3 Å². The van der Waals surface area contributed by atoms with Crippen LogP contribution in [0, 0.1) is 13.8 Å². The molecule has 0 unspecified atom stereocenters. The average Bonchev–Trinajstić information content (AvgIpc) is 2.36. The van der Waals surface area contributed by atoms with Gasteiger partial charge >= 0.3 is 0 Å². The van der Waals surface area contributed by atoms with Gasteiger partial charge in [0.05, 0.1) is 5.69 Å². The Balaban J connectivity index is 2.39. The van der Waals surface area contributed by atoms with E-state index >= 15 is 0 Å². The summed E-state index contributed by atoms with van der Waals surface area (Å²) in [4.78, 5) is 8.98. The van der Waals surface area contributed by atoms with E-state index in [0.29, 0.717) is 6.42 Å². The largest absolute Gasteiger partial charge is 0.396 e. The smallest absolute Gasteiger partial charge is 0.129 e. The third kappa shape index (κ3) is 2.93. The first-order valence-corrected chi connectivity index (χ1v) is 6.22. The topological polar surface area (TPSA) is 46.0 Å². The second-order valence-electron chi connectivity index (χ2n) is 4.45. The molecule has 3 heteroatoms. The van der Waals surface area contributed by atoms with Gasteiger partial charge in [0.15, 0.2) is 0 Å². The maximum Gasteiger partial charge on any atom is 0.129 e. The standard InChI is InChI=1S/C15H18N2O/c1-11-6-3-4-7-13(11)14-10-12(2)16-15(17-14)8-5-9-18/h3-4,6-7,10,18H,5,8-9H2,1-2H3. The van der Waals surface area contributed by atoms with E-state index in [2.05, 4.69) is 29.0 Å². The summed E-state index contributed by atoms with van der Waals surface area (Å²) >= 11 is 0. The van der Waals surface area contributed by atoms with E-state index in [1.54, 1.807) is 0 Å². The van der Waals surface area contributed by atoms with E-state index in [1.807, 2.05) is 25.1 Å². The summed E-state index contributed by atoms with van der Waals surface area (Å²) in [6.07, 6.45) is 1.42. The van der Waals surface area contributed by atoms with Gasteiger partial charge in [0.2, 0.25) is 0 Å². The van der Waals surface area contributed by atoms with Gasteiger partial charge in [0.1, 0.15) is 5.82 Å². The van der Waals surface area contributed by atoms with Crippen LogP contribution < -0.4 is 0 Å². The molecule has 0 aliphatic heterocycles. The van der Waals surface area contributed by atoms with Crippen molar-refractivity contribution in [3.05, 3.63) is 47.4 Å². The Morgan fingerprint density at radius 1 is 1.11 bits per heavy atom. The molecule has 1 heterocycles. The number of aliphatic hydroxyl groups is 1. The fraction of sp³-hybridized carbons (Fsp3) is 0.333. The second kappa shape index (κ2) is 5.74. The highest BCUT2D eigenvalue weighted by Gasteiger charge is 2.06. The Kier molecular flexibility index (Phi) is 4.05. The molecular weight excluding hydrogens is 224 g/mol. The van der Waals surface area contributed by atoms with E-state index in [1.165, 1.54) is 5.56 Å². The Hall–Kier alpha value is -1.74. The van der Waals surface area contributed by atoms with Gasteiger partial charge in [-0.1, -0.05) is 24.3 Å². The lowest BCUT2D eigenvalue weighted by atomic mass is 10.1. The monoisotopic (exact) mass is 242 g/mol. The molecule has 1 N–H and O–H groups in total. The zero-order chi connectivity index (χ0) is 13.0. The van der Waals surface area contributed by atoms with Gasteiger partial charge in [-0.3, -0.25) is 0 Å². The van der Waals surface area contributed by atoms with Gasteiger partial charge in [-0.05, 0) is 31.9 Å².